The van der Waals surface area contributed by atoms with Gasteiger partial charge in [0.15, 0.2) is 0 Å². The number of allylic oxidation sites excluding steroid dienone is 1. The Labute approximate surface area is 129 Å². The topological polar surface area (TPSA) is 15.8 Å². The number of aromatic amines is 1. The molecule has 1 unspecified atom stereocenters. The van der Waals surface area contributed by atoms with Crippen LogP contribution in [-0.4, -0.2) is 4.98 Å². The Morgan fingerprint density at radius 3 is 2.64 bits per heavy atom. The molecule has 4 aromatic rings. The van der Waals surface area contributed by atoms with E-state index < -0.39 is 0 Å². The van der Waals surface area contributed by atoms with Crippen LogP contribution in [0.1, 0.15) is 18.1 Å². The molecule has 1 N–H and O–H groups in total. The molecule has 1 atom stereocenters. The van der Waals surface area contributed by atoms with Gasteiger partial charge in [0.25, 0.3) is 0 Å². The van der Waals surface area contributed by atoms with Gasteiger partial charge < -0.3 is 4.98 Å². The lowest BCUT2D eigenvalue weighted by Crippen LogP contribution is -2.03. The molecule has 0 amide bonds. The summed E-state index contributed by atoms with van der Waals surface area (Å²) in [6.45, 7) is 2.29. The van der Waals surface area contributed by atoms with Crippen LogP contribution in [0.15, 0.2) is 54.6 Å². The summed E-state index contributed by atoms with van der Waals surface area (Å²) in [6, 6.07) is 17.7. The van der Waals surface area contributed by atoms with Crippen molar-refractivity contribution in [2.24, 2.45) is 5.92 Å². The van der Waals surface area contributed by atoms with Crippen LogP contribution in [0.2, 0.25) is 0 Å². The van der Waals surface area contributed by atoms with Crippen molar-refractivity contribution in [2.75, 3.05) is 0 Å². The van der Waals surface area contributed by atoms with Crippen LogP contribution in [0.4, 0.5) is 0 Å². The van der Waals surface area contributed by atoms with Crippen molar-refractivity contribution in [3.05, 3.63) is 65.7 Å². The molecule has 0 aliphatic heterocycles. The van der Waals surface area contributed by atoms with E-state index in [4.69, 9.17) is 0 Å². The van der Waals surface area contributed by atoms with E-state index in [1.165, 1.54) is 43.7 Å². The van der Waals surface area contributed by atoms with Gasteiger partial charge in [-0.2, -0.15) is 0 Å². The van der Waals surface area contributed by atoms with Crippen LogP contribution in [0, 0.1) is 5.92 Å². The second-order valence-corrected chi connectivity index (χ2v) is 6.47. The maximum atomic E-state index is 3.61. The number of rotatable bonds is 0. The molecule has 22 heavy (non-hydrogen) atoms. The van der Waals surface area contributed by atoms with Crippen molar-refractivity contribution in [3.63, 3.8) is 0 Å². The van der Waals surface area contributed by atoms with E-state index in [9.17, 15) is 0 Å². The van der Waals surface area contributed by atoms with Gasteiger partial charge in [-0.3, -0.25) is 0 Å². The maximum absolute atomic E-state index is 3.61. The van der Waals surface area contributed by atoms with Gasteiger partial charge in [-0.1, -0.05) is 49.4 Å². The minimum atomic E-state index is 0.614. The number of benzene rings is 3. The first-order valence-electron chi connectivity index (χ1n) is 7.94. The van der Waals surface area contributed by atoms with Gasteiger partial charge in [0.05, 0.1) is 0 Å². The molecule has 0 bridgehead atoms. The molecule has 1 aliphatic carbocycles. The fourth-order valence-corrected chi connectivity index (χ4v) is 3.81. The summed E-state index contributed by atoms with van der Waals surface area (Å²) in [4.78, 5) is 3.61. The normalized spacial score (nSPS) is 17.4. The quantitative estimate of drug-likeness (QED) is 0.427. The lowest BCUT2D eigenvalue weighted by molar-refractivity contribution is 0.722. The van der Waals surface area contributed by atoms with Crippen molar-refractivity contribution < 1.29 is 0 Å². The Hall–Kier alpha value is -2.54. The molecule has 0 radical (unpaired) electrons. The summed E-state index contributed by atoms with van der Waals surface area (Å²) in [6.07, 6.45) is 5.73. The Kier molecular flexibility index (Phi) is 2.32. The monoisotopic (exact) mass is 283 g/mol. The average molecular weight is 283 g/mol. The highest BCUT2D eigenvalue weighted by Crippen LogP contribution is 2.36. The standard InChI is InChI=1S/C21H17N/c1-13-6-7-14-8-9-19-21(17(14)10-13)18-11-15-4-2-3-5-16(15)12-20(18)22-19/h2-9,11-13,22H,10H2,1H3. The van der Waals surface area contributed by atoms with Gasteiger partial charge in [0.1, 0.15) is 0 Å². The number of hydrogen-bond donors (Lipinski definition) is 1. The zero-order valence-corrected chi connectivity index (χ0v) is 12.6. The smallest absolute Gasteiger partial charge is 0.0471 e. The molecule has 0 saturated heterocycles. The zero-order chi connectivity index (χ0) is 14.7. The molecule has 3 aromatic carbocycles. The summed E-state index contributed by atoms with van der Waals surface area (Å²) in [7, 11) is 0. The van der Waals surface area contributed by atoms with Gasteiger partial charge in [0, 0.05) is 21.8 Å². The first kappa shape index (κ1) is 12.0. The SMILES string of the molecule is CC1C=Cc2ccc3[nH]c4cc5ccccc5cc4c3c2C1. The van der Waals surface area contributed by atoms with Crippen molar-refractivity contribution in [2.45, 2.75) is 13.3 Å². The third kappa shape index (κ3) is 1.59. The van der Waals surface area contributed by atoms with E-state index in [0.29, 0.717) is 5.92 Å². The van der Waals surface area contributed by atoms with E-state index in [2.05, 4.69) is 72.6 Å². The molecule has 0 saturated carbocycles. The third-order valence-corrected chi connectivity index (χ3v) is 4.90. The molecule has 5 rings (SSSR count). The van der Waals surface area contributed by atoms with Crippen molar-refractivity contribution in [1.82, 2.24) is 4.98 Å². The van der Waals surface area contributed by atoms with Gasteiger partial charge in [-0.25, -0.2) is 0 Å². The van der Waals surface area contributed by atoms with E-state index in [-0.39, 0.29) is 0 Å². The van der Waals surface area contributed by atoms with Gasteiger partial charge in [0.2, 0.25) is 0 Å². The maximum Gasteiger partial charge on any atom is 0.0471 e. The van der Waals surface area contributed by atoms with Crippen molar-refractivity contribution in [1.29, 1.82) is 0 Å². The molecule has 0 spiro atoms. The molecule has 0 fully saturated rings. The van der Waals surface area contributed by atoms with Crippen LogP contribution >= 0.6 is 0 Å². The number of hydrogen-bond acceptors (Lipinski definition) is 0. The zero-order valence-electron chi connectivity index (χ0n) is 12.6. The van der Waals surface area contributed by atoms with E-state index >= 15 is 0 Å². The fraction of sp³-hybridized carbons (Fsp3) is 0.143. The van der Waals surface area contributed by atoms with Gasteiger partial charge >= 0.3 is 0 Å². The number of aromatic nitrogens is 1. The van der Waals surface area contributed by atoms with Crippen LogP contribution in [0.5, 0.6) is 0 Å². The molecule has 1 heterocycles. The molecule has 106 valence electrons. The minimum Gasteiger partial charge on any atom is -0.354 e. The van der Waals surface area contributed by atoms with Crippen molar-refractivity contribution in [3.8, 4) is 0 Å². The first-order chi connectivity index (χ1) is 10.8. The molecule has 1 aromatic heterocycles. The summed E-state index contributed by atoms with van der Waals surface area (Å²) in [5.74, 6) is 0.614. The molecular weight excluding hydrogens is 266 g/mol. The van der Waals surface area contributed by atoms with Gasteiger partial charge in [-0.05, 0) is 52.4 Å². The van der Waals surface area contributed by atoms with E-state index in [1.807, 2.05) is 0 Å². The summed E-state index contributed by atoms with van der Waals surface area (Å²) in [5, 5.41) is 5.37. The number of fused-ring (bicyclic) bond motifs is 6. The Morgan fingerprint density at radius 2 is 1.77 bits per heavy atom. The Balaban J connectivity index is 1.96. The Morgan fingerprint density at radius 1 is 0.955 bits per heavy atom. The highest BCUT2D eigenvalue weighted by molar-refractivity contribution is 6.14. The second kappa shape index (κ2) is 4.23. The largest absolute Gasteiger partial charge is 0.354 e. The van der Waals surface area contributed by atoms with Crippen LogP contribution in [0.25, 0.3) is 38.7 Å². The second-order valence-electron chi connectivity index (χ2n) is 6.47. The summed E-state index contributed by atoms with van der Waals surface area (Å²) >= 11 is 0. The van der Waals surface area contributed by atoms with Crippen LogP contribution in [0.3, 0.4) is 0 Å². The van der Waals surface area contributed by atoms with Crippen LogP contribution < -0.4 is 0 Å². The van der Waals surface area contributed by atoms with E-state index in [0.717, 1.165) is 6.42 Å². The summed E-state index contributed by atoms with van der Waals surface area (Å²) < 4.78 is 0. The van der Waals surface area contributed by atoms with E-state index in [1.54, 1.807) is 0 Å². The number of nitrogens with one attached hydrogen (secondary N) is 1. The predicted molar refractivity (Wildman–Crippen MR) is 95.2 cm³/mol. The molecule has 1 aliphatic rings. The molecular formula is C21H17N. The highest BCUT2D eigenvalue weighted by atomic mass is 14.7. The first-order valence-corrected chi connectivity index (χ1v) is 7.94. The molecule has 1 heteroatoms. The highest BCUT2D eigenvalue weighted by Gasteiger charge is 2.16. The van der Waals surface area contributed by atoms with Crippen molar-refractivity contribution >= 4 is 38.7 Å². The van der Waals surface area contributed by atoms with Crippen LogP contribution in [-0.2, 0) is 6.42 Å². The fourth-order valence-electron chi connectivity index (χ4n) is 3.81. The minimum absolute atomic E-state index is 0.614. The lowest BCUT2D eigenvalue weighted by atomic mass is 9.87. The number of H-pyrrole nitrogens is 1. The van der Waals surface area contributed by atoms with Gasteiger partial charge in [-0.15, -0.1) is 0 Å². The predicted octanol–water partition coefficient (Wildman–Crippen LogP) is 5.68. The molecule has 1 nitrogen and oxygen atoms in total. The average Bonchev–Trinajstić information content (AvgIpc) is 2.90. The Bertz CT molecular complexity index is 1070. The third-order valence-electron chi connectivity index (χ3n) is 4.90. The lowest BCUT2D eigenvalue weighted by Gasteiger charge is -2.17. The summed E-state index contributed by atoms with van der Waals surface area (Å²) in [5.41, 5.74) is 5.37.